The average molecular weight is 383 g/mol. The van der Waals surface area contributed by atoms with Gasteiger partial charge in [0.1, 0.15) is 0 Å². The summed E-state index contributed by atoms with van der Waals surface area (Å²) in [6.45, 7) is 10.0. The van der Waals surface area contributed by atoms with Crippen LogP contribution in [0.15, 0.2) is 29.2 Å². The molecule has 1 aliphatic rings. The maximum Gasteiger partial charge on any atom is 0.278 e. The standard InChI is InChI=1S/C19H31N3O3S/c1-5-6-17-7-9-18(10-8-17)26(24,25)22-13-11-21(12-14-22)16(4)19(23)20-15(2)3/h7-10,15-16H,5-6,11-14H2,1-4H3,(H,20,23)/p+1/t16-/m1/s1. The minimum atomic E-state index is -3.46. The first-order valence-corrected chi connectivity index (χ1v) is 10.9. The van der Waals surface area contributed by atoms with E-state index in [4.69, 9.17) is 0 Å². The van der Waals surface area contributed by atoms with Crippen LogP contribution in [0.3, 0.4) is 0 Å². The molecule has 26 heavy (non-hydrogen) atoms. The van der Waals surface area contributed by atoms with Gasteiger partial charge in [-0.15, -0.1) is 0 Å². The number of rotatable bonds is 7. The van der Waals surface area contributed by atoms with Crippen molar-refractivity contribution in [1.29, 1.82) is 0 Å². The number of carbonyl (C=O) groups excluding carboxylic acids is 1. The lowest BCUT2D eigenvalue weighted by Gasteiger charge is -2.34. The predicted octanol–water partition coefficient (Wildman–Crippen LogP) is 0.441. The first kappa shape index (κ1) is 20.9. The molecule has 0 saturated carbocycles. The van der Waals surface area contributed by atoms with Gasteiger partial charge in [0.25, 0.3) is 5.91 Å². The van der Waals surface area contributed by atoms with Gasteiger partial charge < -0.3 is 10.2 Å². The third kappa shape index (κ3) is 5.05. The van der Waals surface area contributed by atoms with Crippen LogP contribution in [-0.4, -0.2) is 56.9 Å². The van der Waals surface area contributed by atoms with Gasteiger partial charge in [0.2, 0.25) is 10.0 Å². The molecule has 2 N–H and O–H groups in total. The van der Waals surface area contributed by atoms with Crippen molar-refractivity contribution in [3.63, 3.8) is 0 Å². The van der Waals surface area contributed by atoms with E-state index >= 15 is 0 Å². The van der Waals surface area contributed by atoms with Crippen LogP contribution in [0, 0.1) is 0 Å². The van der Waals surface area contributed by atoms with Crippen molar-refractivity contribution in [2.75, 3.05) is 26.2 Å². The molecule has 2 rings (SSSR count). The molecule has 1 fully saturated rings. The van der Waals surface area contributed by atoms with Crippen molar-refractivity contribution in [3.05, 3.63) is 29.8 Å². The lowest BCUT2D eigenvalue weighted by Crippen LogP contribution is -3.19. The Labute approximate surface area is 157 Å². The highest BCUT2D eigenvalue weighted by Crippen LogP contribution is 2.17. The van der Waals surface area contributed by atoms with Crippen LogP contribution in [0.2, 0.25) is 0 Å². The summed E-state index contributed by atoms with van der Waals surface area (Å²) < 4.78 is 27.2. The number of hydrogen-bond acceptors (Lipinski definition) is 3. The second-order valence-corrected chi connectivity index (χ2v) is 9.28. The van der Waals surface area contributed by atoms with E-state index < -0.39 is 10.0 Å². The van der Waals surface area contributed by atoms with Crippen LogP contribution in [0.5, 0.6) is 0 Å². The Balaban J connectivity index is 1.98. The zero-order valence-corrected chi connectivity index (χ0v) is 17.1. The van der Waals surface area contributed by atoms with E-state index in [0.29, 0.717) is 31.1 Å². The molecule has 146 valence electrons. The van der Waals surface area contributed by atoms with Gasteiger partial charge in [0.15, 0.2) is 6.04 Å². The van der Waals surface area contributed by atoms with Gasteiger partial charge in [0, 0.05) is 6.04 Å². The molecule has 1 saturated heterocycles. The number of benzene rings is 1. The van der Waals surface area contributed by atoms with E-state index in [0.717, 1.165) is 23.3 Å². The van der Waals surface area contributed by atoms with Gasteiger partial charge in [-0.25, -0.2) is 8.42 Å². The van der Waals surface area contributed by atoms with Crippen molar-refractivity contribution >= 4 is 15.9 Å². The summed E-state index contributed by atoms with van der Waals surface area (Å²) in [6, 6.07) is 7.15. The van der Waals surface area contributed by atoms with Crippen molar-refractivity contribution in [2.24, 2.45) is 0 Å². The Morgan fingerprint density at radius 2 is 1.73 bits per heavy atom. The predicted molar refractivity (Wildman–Crippen MR) is 103 cm³/mol. The second-order valence-electron chi connectivity index (χ2n) is 7.34. The molecule has 1 amide bonds. The van der Waals surface area contributed by atoms with Crippen molar-refractivity contribution in [2.45, 2.75) is 57.5 Å². The third-order valence-corrected chi connectivity index (χ3v) is 6.81. The van der Waals surface area contributed by atoms with E-state index in [1.165, 1.54) is 0 Å². The Hall–Kier alpha value is -1.44. The highest BCUT2D eigenvalue weighted by molar-refractivity contribution is 7.89. The molecule has 0 radical (unpaired) electrons. The van der Waals surface area contributed by atoms with Gasteiger partial charge in [-0.3, -0.25) is 4.79 Å². The van der Waals surface area contributed by atoms with Crippen molar-refractivity contribution < 1.29 is 18.1 Å². The number of piperazine rings is 1. The number of carbonyl (C=O) groups is 1. The fourth-order valence-electron chi connectivity index (χ4n) is 3.31. The minimum absolute atomic E-state index is 0.0258. The average Bonchev–Trinajstić information content (AvgIpc) is 2.61. The smallest absolute Gasteiger partial charge is 0.278 e. The number of hydrogen-bond donors (Lipinski definition) is 2. The summed E-state index contributed by atoms with van der Waals surface area (Å²) in [5, 5.41) is 2.93. The van der Waals surface area contributed by atoms with Crippen LogP contribution in [0.1, 0.15) is 39.7 Å². The maximum atomic E-state index is 12.8. The monoisotopic (exact) mass is 382 g/mol. The molecule has 6 nitrogen and oxygen atoms in total. The molecule has 1 aliphatic heterocycles. The highest BCUT2D eigenvalue weighted by atomic mass is 32.2. The highest BCUT2D eigenvalue weighted by Gasteiger charge is 2.34. The lowest BCUT2D eigenvalue weighted by molar-refractivity contribution is -0.917. The minimum Gasteiger partial charge on any atom is -0.349 e. The van der Waals surface area contributed by atoms with Gasteiger partial charge >= 0.3 is 0 Å². The lowest BCUT2D eigenvalue weighted by atomic mass is 10.1. The molecule has 1 atom stereocenters. The molecular weight excluding hydrogens is 350 g/mol. The van der Waals surface area contributed by atoms with Gasteiger partial charge in [-0.1, -0.05) is 25.5 Å². The van der Waals surface area contributed by atoms with E-state index in [1.807, 2.05) is 32.9 Å². The number of nitrogens with zero attached hydrogens (tertiary/aromatic N) is 1. The molecule has 0 spiro atoms. The first-order valence-electron chi connectivity index (χ1n) is 9.49. The Kier molecular flexibility index (Phi) is 7.20. The van der Waals surface area contributed by atoms with Crippen LogP contribution >= 0.6 is 0 Å². The first-order chi connectivity index (χ1) is 12.3. The van der Waals surface area contributed by atoms with Crippen LogP contribution in [-0.2, 0) is 21.2 Å². The molecule has 1 heterocycles. The topological polar surface area (TPSA) is 70.9 Å². The number of amides is 1. The van der Waals surface area contributed by atoms with Crippen LogP contribution in [0.4, 0.5) is 0 Å². The Morgan fingerprint density at radius 1 is 1.15 bits per heavy atom. The summed E-state index contributed by atoms with van der Waals surface area (Å²) in [6.07, 6.45) is 2.00. The van der Waals surface area contributed by atoms with E-state index in [2.05, 4.69) is 12.2 Å². The summed E-state index contributed by atoms with van der Waals surface area (Å²) in [4.78, 5) is 13.7. The molecule has 1 aromatic carbocycles. The van der Waals surface area contributed by atoms with E-state index in [-0.39, 0.29) is 18.0 Å². The molecule has 7 heteroatoms. The molecular formula is C19H32N3O3S+. The quantitative estimate of drug-likeness (QED) is 0.719. The molecule has 0 unspecified atom stereocenters. The third-order valence-electron chi connectivity index (χ3n) is 4.90. The Bertz CT molecular complexity index is 693. The molecule has 0 bridgehead atoms. The van der Waals surface area contributed by atoms with Crippen molar-refractivity contribution in [1.82, 2.24) is 9.62 Å². The van der Waals surface area contributed by atoms with Crippen LogP contribution in [0.25, 0.3) is 0 Å². The SMILES string of the molecule is CCCc1ccc(S(=O)(=O)N2CC[NH+]([C@H](C)C(=O)NC(C)C)CC2)cc1. The normalized spacial score (nSPS) is 18.0. The summed E-state index contributed by atoms with van der Waals surface area (Å²) >= 11 is 0. The van der Waals surface area contributed by atoms with Gasteiger partial charge in [0.05, 0.1) is 31.1 Å². The van der Waals surface area contributed by atoms with E-state index in [9.17, 15) is 13.2 Å². The zero-order valence-electron chi connectivity index (χ0n) is 16.3. The number of nitrogens with one attached hydrogen (secondary N) is 2. The van der Waals surface area contributed by atoms with Gasteiger partial charge in [-0.05, 0) is 44.9 Å². The molecule has 0 aromatic heterocycles. The summed E-state index contributed by atoms with van der Waals surface area (Å²) in [5.74, 6) is 0.0258. The zero-order chi connectivity index (χ0) is 19.3. The number of quaternary nitrogens is 1. The van der Waals surface area contributed by atoms with Gasteiger partial charge in [-0.2, -0.15) is 4.31 Å². The number of sulfonamides is 1. The fraction of sp³-hybridized carbons (Fsp3) is 0.632. The summed E-state index contributed by atoms with van der Waals surface area (Å²) in [7, 11) is -3.46. The molecule has 0 aliphatic carbocycles. The van der Waals surface area contributed by atoms with E-state index in [1.54, 1.807) is 16.4 Å². The Morgan fingerprint density at radius 3 is 2.23 bits per heavy atom. The number of aryl methyl sites for hydroxylation is 1. The van der Waals surface area contributed by atoms with Crippen molar-refractivity contribution in [3.8, 4) is 0 Å². The summed E-state index contributed by atoms with van der Waals surface area (Å²) in [5.41, 5.74) is 1.16. The maximum absolute atomic E-state index is 12.8. The van der Waals surface area contributed by atoms with Crippen LogP contribution < -0.4 is 10.2 Å². The largest absolute Gasteiger partial charge is 0.349 e. The second kappa shape index (κ2) is 8.97. The molecule has 1 aromatic rings. The fourth-order valence-corrected chi connectivity index (χ4v) is 4.75.